The summed E-state index contributed by atoms with van der Waals surface area (Å²) >= 11 is 6.95. The van der Waals surface area contributed by atoms with Crippen molar-refractivity contribution in [2.75, 3.05) is 12.8 Å². The van der Waals surface area contributed by atoms with E-state index in [1.54, 1.807) is 24.4 Å². The average molecular weight is 502 g/mol. The van der Waals surface area contributed by atoms with Crippen molar-refractivity contribution in [1.29, 1.82) is 0 Å². The number of nitrogens with zero attached hydrogens (tertiary/aromatic N) is 2. The van der Waals surface area contributed by atoms with E-state index in [1.807, 2.05) is 6.07 Å². The van der Waals surface area contributed by atoms with Crippen LogP contribution in [0.2, 0.25) is 5.02 Å². The first kappa shape index (κ1) is 22.3. The van der Waals surface area contributed by atoms with Crippen molar-refractivity contribution in [2.45, 2.75) is 18.4 Å². The van der Waals surface area contributed by atoms with Crippen molar-refractivity contribution in [3.05, 3.63) is 74.8 Å². The molecule has 1 aliphatic carbocycles. The van der Waals surface area contributed by atoms with Crippen molar-refractivity contribution in [3.8, 4) is 22.4 Å². The summed E-state index contributed by atoms with van der Waals surface area (Å²) in [6.07, 6.45) is 3.91. The molecule has 3 aromatic heterocycles. The van der Waals surface area contributed by atoms with Gasteiger partial charge in [-0.25, -0.2) is 14.2 Å². The van der Waals surface area contributed by atoms with Crippen molar-refractivity contribution in [1.82, 2.24) is 9.97 Å². The number of nitrogens with two attached hydrogens (primary N) is 1. The van der Waals surface area contributed by atoms with Gasteiger partial charge in [-0.05, 0) is 37.1 Å². The average Bonchev–Trinajstić information content (AvgIpc) is 3.53. The van der Waals surface area contributed by atoms with Gasteiger partial charge in [-0.3, -0.25) is 4.84 Å². The first-order valence-corrected chi connectivity index (χ1v) is 11.5. The van der Waals surface area contributed by atoms with Crippen LogP contribution < -0.4 is 15.3 Å². The lowest BCUT2D eigenvalue weighted by Crippen LogP contribution is -2.50. The highest BCUT2D eigenvalue weighted by Crippen LogP contribution is 2.41. The number of thiophene rings is 1. The van der Waals surface area contributed by atoms with Crippen molar-refractivity contribution in [3.63, 3.8) is 0 Å². The molecule has 0 saturated carbocycles. The second-order valence-electron chi connectivity index (χ2n) is 7.95. The second-order valence-corrected chi connectivity index (χ2v) is 9.26. The van der Waals surface area contributed by atoms with Crippen molar-refractivity contribution >= 4 is 34.6 Å². The summed E-state index contributed by atoms with van der Waals surface area (Å²) in [5, 5.41) is 22.7. The Morgan fingerprint density at radius 1 is 1.38 bits per heavy atom. The van der Waals surface area contributed by atoms with Gasteiger partial charge in [0, 0.05) is 37.5 Å². The summed E-state index contributed by atoms with van der Waals surface area (Å²) < 4.78 is 16.0. The molecular formula is C23H19ClFN4O4S+. The topological polar surface area (TPSA) is 125 Å². The van der Waals surface area contributed by atoms with Gasteiger partial charge in [-0.1, -0.05) is 11.6 Å². The number of aryl methyl sites for hydroxylation is 1. The Balaban J connectivity index is 1.58. The smallest absolute Gasteiger partial charge is 0.348 e. The number of nitrogen functional groups attached to an aromatic ring is 1. The van der Waals surface area contributed by atoms with E-state index >= 15 is 0 Å². The molecule has 0 aliphatic heterocycles. The van der Waals surface area contributed by atoms with Gasteiger partial charge in [-0.2, -0.15) is 0 Å². The van der Waals surface area contributed by atoms with Crippen LogP contribution in [0.3, 0.4) is 0 Å². The molecule has 1 aliphatic rings. The molecule has 3 heterocycles. The van der Waals surface area contributed by atoms with Gasteiger partial charge in [0.05, 0.1) is 17.5 Å². The van der Waals surface area contributed by atoms with E-state index in [9.17, 15) is 14.3 Å². The third-order valence-electron chi connectivity index (χ3n) is 5.96. The van der Waals surface area contributed by atoms with Crippen LogP contribution >= 0.6 is 22.9 Å². The van der Waals surface area contributed by atoms with Crippen LogP contribution in [0, 0.1) is 5.82 Å². The van der Waals surface area contributed by atoms with E-state index in [0.29, 0.717) is 29.2 Å². The highest BCUT2D eigenvalue weighted by atomic mass is 35.5. The summed E-state index contributed by atoms with van der Waals surface area (Å²) in [6.45, 7) is 0. The molecule has 174 valence electrons. The maximum absolute atomic E-state index is 14.6. The van der Waals surface area contributed by atoms with Crippen molar-refractivity contribution < 1.29 is 29.0 Å². The fourth-order valence-electron chi connectivity index (χ4n) is 4.34. The standard InChI is InChI=1S/C23H18ClFN4O4S/c1-33-29-9-12(14-7-13(24)2-3-16(14)26)6-11-4-5-23(32,20(11)29)22-27-8-17(28-22)15-10-34-19(18(15)25)21(30)31/h2-3,6-10,32H,4-5,26H2,1H3,(H-,27,28,30,31)/p+1. The fraction of sp³-hybridized carbons (Fsp3) is 0.174. The number of anilines is 1. The number of fused-ring (bicyclic) bond motifs is 1. The number of carboxylic acid groups (broad SMARTS) is 1. The number of aromatic carboxylic acids is 1. The van der Waals surface area contributed by atoms with E-state index in [0.717, 1.165) is 28.0 Å². The predicted molar refractivity (Wildman–Crippen MR) is 124 cm³/mol. The lowest BCUT2D eigenvalue weighted by molar-refractivity contribution is -0.893. The van der Waals surface area contributed by atoms with Crippen LogP contribution in [0.4, 0.5) is 10.1 Å². The molecule has 34 heavy (non-hydrogen) atoms. The quantitative estimate of drug-likeness (QED) is 0.245. The Morgan fingerprint density at radius 2 is 2.18 bits per heavy atom. The van der Waals surface area contributed by atoms with Crippen LogP contribution in [0.25, 0.3) is 22.4 Å². The number of H-pyrrole nitrogens is 1. The van der Waals surface area contributed by atoms with Gasteiger partial charge < -0.3 is 20.9 Å². The number of hydrogen-bond donors (Lipinski definition) is 4. The summed E-state index contributed by atoms with van der Waals surface area (Å²) in [6, 6.07) is 7.12. The Labute approximate surface area is 202 Å². The molecule has 5 rings (SSSR count). The first-order valence-electron chi connectivity index (χ1n) is 10.2. The van der Waals surface area contributed by atoms with Gasteiger partial charge in [0.1, 0.15) is 17.8 Å². The summed E-state index contributed by atoms with van der Waals surface area (Å²) in [7, 11) is 1.48. The normalized spacial score (nSPS) is 17.1. The number of pyridine rings is 1. The molecule has 8 nitrogen and oxygen atoms in total. The maximum atomic E-state index is 14.6. The van der Waals surface area contributed by atoms with Crippen LogP contribution in [-0.2, 0) is 12.0 Å². The Morgan fingerprint density at radius 3 is 2.88 bits per heavy atom. The summed E-state index contributed by atoms with van der Waals surface area (Å²) in [5.74, 6) is -1.99. The van der Waals surface area contributed by atoms with E-state index in [1.165, 1.54) is 23.4 Å². The zero-order chi connectivity index (χ0) is 24.2. The number of aromatic amines is 1. The number of carbonyl (C=O) groups is 1. The zero-order valence-electron chi connectivity index (χ0n) is 17.8. The highest BCUT2D eigenvalue weighted by molar-refractivity contribution is 7.12. The number of hydrogen-bond acceptors (Lipinski definition) is 6. The Bertz CT molecular complexity index is 1450. The summed E-state index contributed by atoms with van der Waals surface area (Å²) in [5.41, 5.74) is 8.33. The zero-order valence-corrected chi connectivity index (χ0v) is 19.4. The monoisotopic (exact) mass is 501 g/mol. The molecule has 0 saturated heterocycles. The molecule has 0 bridgehead atoms. The lowest BCUT2D eigenvalue weighted by atomic mass is 9.98. The van der Waals surface area contributed by atoms with Crippen LogP contribution in [0.1, 0.15) is 33.2 Å². The van der Waals surface area contributed by atoms with Crippen LogP contribution in [-0.4, -0.2) is 33.3 Å². The van der Waals surface area contributed by atoms with E-state index < -0.39 is 17.4 Å². The third kappa shape index (κ3) is 3.42. The lowest BCUT2D eigenvalue weighted by Gasteiger charge is -2.18. The SMILES string of the molecule is CO[n+]1cc(-c2cc(Cl)ccc2N)cc2c1C(O)(c1ncc(-c3csc(C(=O)O)c3F)[nH]1)CC2. The molecule has 1 atom stereocenters. The number of rotatable bonds is 5. The predicted octanol–water partition coefficient (Wildman–Crippen LogP) is 3.41. The molecule has 0 spiro atoms. The Hall–Kier alpha value is -3.47. The number of benzene rings is 1. The fourth-order valence-corrected chi connectivity index (χ4v) is 5.29. The van der Waals surface area contributed by atoms with Gasteiger partial charge in [-0.15, -0.1) is 11.3 Å². The third-order valence-corrected chi connectivity index (χ3v) is 7.14. The van der Waals surface area contributed by atoms with E-state index in [4.69, 9.17) is 27.3 Å². The molecular weight excluding hydrogens is 483 g/mol. The van der Waals surface area contributed by atoms with Gasteiger partial charge in [0.25, 0.3) is 5.69 Å². The maximum Gasteiger partial charge on any atom is 0.348 e. The largest absolute Gasteiger partial charge is 0.477 e. The van der Waals surface area contributed by atoms with E-state index in [2.05, 4.69) is 9.97 Å². The number of halogens is 2. The first-order chi connectivity index (χ1) is 16.2. The molecule has 0 fully saturated rings. The number of aliphatic hydroxyl groups is 1. The van der Waals surface area contributed by atoms with Crippen LogP contribution in [0.5, 0.6) is 0 Å². The minimum atomic E-state index is -1.54. The van der Waals surface area contributed by atoms with Gasteiger partial charge in [0.15, 0.2) is 5.82 Å². The number of aromatic nitrogens is 3. The molecule has 11 heteroatoms. The number of nitrogens with one attached hydrogen (secondary N) is 1. The van der Waals surface area contributed by atoms with Gasteiger partial charge in [0.2, 0.25) is 11.8 Å². The molecule has 4 aromatic rings. The minimum absolute atomic E-state index is 0.0781. The molecule has 1 aromatic carbocycles. The highest BCUT2D eigenvalue weighted by Gasteiger charge is 2.50. The molecule has 0 radical (unpaired) electrons. The minimum Gasteiger partial charge on any atom is -0.477 e. The van der Waals surface area contributed by atoms with Crippen LogP contribution in [0.15, 0.2) is 42.0 Å². The molecule has 0 amide bonds. The molecule has 5 N–H and O–H groups in total. The van der Waals surface area contributed by atoms with Gasteiger partial charge >= 0.3 is 5.97 Å². The van der Waals surface area contributed by atoms with Crippen molar-refractivity contribution in [2.24, 2.45) is 0 Å². The number of imidazole rings is 1. The Kier molecular flexibility index (Phi) is 5.31. The second kappa shape index (κ2) is 8.08. The molecule has 1 unspecified atom stereocenters. The van der Waals surface area contributed by atoms with E-state index in [-0.39, 0.29) is 22.0 Å². The number of carboxylic acids is 1. The summed E-state index contributed by atoms with van der Waals surface area (Å²) in [4.78, 5) is 23.6.